The van der Waals surface area contributed by atoms with Gasteiger partial charge in [0.05, 0.1) is 5.41 Å². The summed E-state index contributed by atoms with van der Waals surface area (Å²) in [5.74, 6) is -0.569. The van der Waals surface area contributed by atoms with Crippen molar-refractivity contribution in [1.82, 2.24) is 0 Å². The molecule has 0 heterocycles. The molecule has 0 aromatic rings. The van der Waals surface area contributed by atoms with E-state index < -0.39 is 11.4 Å². The number of hydrogen-bond acceptors (Lipinski definition) is 2. The third-order valence-corrected chi connectivity index (χ3v) is 5.30. The number of aliphatic carboxylic acids is 1. The Kier molecular flexibility index (Phi) is 2.99. The standard InChI is InChI=1S/C13H23NO2/c1-2-12(6-3-7-12)13(11(15)16)8-4-10(14)5-9-13/h10H,2-9,14H2,1H3,(H,15,16). The molecule has 3 N–H and O–H groups in total. The Bertz CT molecular complexity index is 270. The fraction of sp³-hybridized carbons (Fsp3) is 0.923. The summed E-state index contributed by atoms with van der Waals surface area (Å²) in [6, 6.07) is 0.224. The summed E-state index contributed by atoms with van der Waals surface area (Å²) < 4.78 is 0. The predicted molar refractivity (Wildman–Crippen MR) is 63.1 cm³/mol. The van der Waals surface area contributed by atoms with E-state index in [1.165, 1.54) is 6.42 Å². The zero-order valence-corrected chi connectivity index (χ0v) is 10.2. The fourth-order valence-corrected chi connectivity index (χ4v) is 3.88. The van der Waals surface area contributed by atoms with Crippen LogP contribution in [0.4, 0.5) is 0 Å². The summed E-state index contributed by atoms with van der Waals surface area (Å²) in [4.78, 5) is 11.7. The van der Waals surface area contributed by atoms with Crippen LogP contribution in [0.5, 0.6) is 0 Å². The van der Waals surface area contributed by atoms with Crippen molar-refractivity contribution < 1.29 is 9.90 Å². The van der Waals surface area contributed by atoms with E-state index in [-0.39, 0.29) is 11.5 Å². The molecule has 0 aromatic heterocycles. The molecule has 0 spiro atoms. The minimum Gasteiger partial charge on any atom is -0.481 e. The van der Waals surface area contributed by atoms with E-state index in [0.717, 1.165) is 44.9 Å². The van der Waals surface area contributed by atoms with Gasteiger partial charge in [0.1, 0.15) is 0 Å². The average molecular weight is 225 g/mol. The molecule has 0 aromatic carbocycles. The van der Waals surface area contributed by atoms with E-state index in [1.54, 1.807) is 0 Å². The van der Waals surface area contributed by atoms with Crippen LogP contribution in [0.3, 0.4) is 0 Å². The lowest BCUT2D eigenvalue weighted by Crippen LogP contribution is -2.54. The van der Waals surface area contributed by atoms with Crippen molar-refractivity contribution in [3.63, 3.8) is 0 Å². The van der Waals surface area contributed by atoms with Crippen LogP contribution in [-0.2, 0) is 4.79 Å². The highest BCUT2D eigenvalue weighted by Crippen LogP contribution is 2.61. The molecule has 0 unspecified atom stereocenters. The van der Waals surface area contributed by atoms with Gasteiger partial charge in [0.2, 0.25) is 0 Å². The average Bonchev–Trinajstić information content (AvgIpc) is 2.19. The minimum atomic E-state index is -0.569. The van der Waals surface area contributed by atoms with E-state index >= 15 is 0 Å². The van der Waals surface area contributed by atoms with Crippen LogP contribution in [0.1, 0.15) is 58.3 Å². The number of carboxylic acid groups (broad SMARTS) is 1. The van der Waals surface area contributed by atoms with E-state index in [1.807, 2.05) is 0 Å². The Morgan fingerprint density at radius 1 is 1.31 bits per heavy atom. The fourth-order valence-electron chi connectivity index (χ4n) is 3.88. The van der Waals surface area contributed by atoms with Gasteiger partial charge in [0, 0.05) is 6.04 Å². The van der Waals surface area contributed by atoms with Crippen LogP contribution in [0.15, 0.2) is 0 Å². The molecule has 2 rings (SSSR count). The molecule has 0 saturated heterocycles. The van der Waals surface area contributed by atoms with Crippen molar-refractivity contribution in [3.8, 4) is 0 Å². The number of hydrogen-bond donors (Lipinski definition) is 2. The van der Waals surface area contributed by atoms with E-state index in [4.69, 9.17) is 5.73 Å². The van der Waals surface area contributed by atoms with Gasteiger partial charge in [-0.1, -0.05) is 13.3 Å². The molecule has 3 heteroatoms. The molecule has 0 radical (unpaired) electrons. The van der Waals surface area contributed by atoms with Crippen molar-refractivity contribution in [3.05, 3.63) is 0 Å². The Balaban J connectivity index is 2.25. The maximum Gasteiger partial charge on any atom is 0.310 e. The summed E-state index contributed by atoms with van der Waals surface area (Å²) in [5.41, 5.74) is 5.53. The summed E-state index contributed by atoms with van der Waals surface area (Å²) in [5, 5.41) is 9.67. The molecule has 2 aliphatic rings. The zero-order chi connectivity index (χ0) is 11.8. The molecule has 3 nitrogen and oxygen atoms in total. The second kappa shape index (κ2) is 4.02. The molecule has 0 bridgehead atoms. The molecule has 0 amide bonds. The summed E-state index contributed by atoms with van der Waals surface area (Å²) in [6.45, 7) is 2.15. The van der Waals surface area contributed by atoms with Gasteiger partial charge in [0.15, 0.2) is 0 Å². The Morgan fingerprint density at radius 3 is 2.19 bits per heavy atom. The smallest absolute Gasteiger partial charge is 0.310 e. The van der Waals surface area contributed by atoms with Gasteiger partial charge in [-0.2, -0.15) is 0 Å². The molecule has 92 valence electrons. The van der Waals surface area contributed by atoms with E-state index in [2.05, 4.69) is 6.92 Å². The van der Waals surface area contributed by atoms with Crippen LogP contribution in [-0.4, -0.2) is 17.1 Å². The van der Waals surface area contributed by atoms with Crippen LogP contribution in [0, 0.1) is 10.8 Å². The van der Waals surface area contributed by atoms with Crippen molar-refractivity contribution in [1.29, 1.82) is 0 Å². The molecule has 0 aliphatic heterocycles. The normalized spacial score (nSPS) is 37.8. The first-order valence-corrected chi connectivity index (χ1v) is 6.55. The highest BCUT2D eigenvalue weighted by atomic mass is 16.4. The maximum atomic E-state index is 11.7. The molecule has 2 saturated carbocycles. The quantitative estimate of drug-likeness (QED) is 0.775. The predicted octanol–water partition coefficient (Wildman–Crippen LogP) is 2.54. The Hall–Kier alpha value is -0.570. The third kappa shape index (κ3) is 1.48. The van der Waals surface area contributed by atoms with Gasteiger partial charge in [-0.15, -0.1) is 0 Å². The largest absolute Gasteiger partial charge is 0.481 e. The van der Waals surface area contributed by atoms with Crippen LogP contribution in [0.25, 0.3) is 0 Å². The second-order valence-corrected chi connectivity index (χ2v) is 5.71. The van der Waals surface area contributed by atoms with Gasteiger partial charge >= 0.3 is 5.97 Å². The third-order valence-electron chi connectivity index (χ3n) is 5.30. The first-order chi connectivity index (χ1) is 7.56. The molecule has 16 heavy (non-hydrogen) atoms. The van der Waals surface area contributed by atoms with Crippen LogP contribution < -0.4 is 5.73 Å². The molecule has 2 aliphatic carbocycles. The van der Waals surface area contributed by atoms with Crippen LogP contribution in [0.2, 0.25) is 0 Å². The van der Waals surface area contributed by atoms with Crippen LogP contribution >= 0.6 is 0 Å². The molecule has 2 fully saturated rings. The van der Waals surface area contributed by atoms with Gasteiger partial charge in [-0.05, 0) is 50.4 Å². The SMILES string of the molecule is CCC1(C2(C(=O)O)CCC(N)CC2)CCC1. The summed E-state index contributed by atoms with van der Waals surface area (Å²) in [7, 11) is 0. The second-order valence-electron chi connectivity index (χ2n) is 5.71. The lowest BCUT2D eigenvalue weighted by molar-refractivity contribution is -0.171. The lowest BCUT2D eigenvalue weighted by atomic mass is 9.47. The number of nitrogens with two attached hydrogens (primary N) is 1. The summed E-state index contributed by atoms with van der Waals surface area (Å²) >= 11 is 0. The minimum absolute atomic E-state index is 0.0823. The maximum absolute atomic E-state index is 11.7. The first-order valence-electron chi connectivity index (χ1n) is 6.55. The molecule has 0 atom stereocenters. The Morgan fingerprint density at radius 2 is 1.88 bits per heavy atom. The van der Waals surface area contributed by atoms with Crippen molar-refractivity contribution >= 4 is 5.97 Å². The summed E-state index contributed by atoms with van der Waals surface area (Å²) in [6.07, 6.45) is 7.76. The number of carbonyl (C=O) groups is 1. The number of rotatable bonds is 3. The highest BCUT2D eigenvalue weighted by Gasteiger charge is 2.58. The van der Waals surface area contributed by atoms with Crippen molar-refractivity contribution in [2.75, 3.05) is 0 Å². The van der Waals surface area contributed by atoms with Crippen molar-refractivity contribution in [2.45, 2.75) is 64.3 Å². The number of carboxylic acids is 1. The Labute approximate surface area is 97.4 Å². The monoisotopic (exact) mass is 225 g/mol. The van der Waals surface area contributed by atoms with Gasteiger partial charge in [0.25, 0.3) is 0 Å². The topological polar surface area (TPSA) is 63.3 Å². The van der Waals surface area contributed by atoms with Gasteiger partial charge in [-0.25, -0.2) is 0 Å². The molecular formula is C13H23NO2. The van der Waals surface area contributed by atoms with Gasteiger partial charge < -0.3 is 10.8 Å². The van der Waals surface area contributed by atoms with E-state index in [9.17, 15) is 9.90 Å². The first kappa shape index (κ1) is 11.9. The van der Waals surface area contributed by atoms with Crippen molar-refractivity contribution in [2.24, 2.45) is 16.6 Å². The lowest BCUT2D eigenvalue weighted by Gasteiger charge is -2.56. The zero-order valence-electron chi connectivity index (χ0n) is 10.2. The molecular weight excluding hydrogens is 202 g/mol. The van der Waals surface area contributed by atoms with Gasteiger partial charge in [-0.3, -0.25) is 4.79 Å². The highest BCUT2D eigenvalue weighted by molar-refractivity contribution is 5.76. The van der Waals surface area contributed by atoms with E-state index in [0.29, 0.717) is 0 Å².